The summed E-state index contributed by atoms with van der Waals surface area (Å²) >= 11 is 0. The molecule has 19 heavy (non-hydrogen) atoms. The molecule has 2 bridgehead atoms. The van der Waals surface area contributed by atoms with Crippen molar-refractivity contribution in [1.82, 2.24) is 4.90 Å². The third-order valence-electron chi connectivity index (χ3n) is 3.39. The number of ether oxygens (including phenoxy) is 3. The van der Waals surface area contributed by atoms with E-state index in [-0.39, 0.29) is 18.2 Å². The van der Waals surface area contributed by atoms with E-state index in [4.69, 9.17) is 9.47 Å². The predicted octanol–water partition coefficient (Wildman–Crippen LogP) is 1.10. The van der Waals surface area contributed by atoms with Crippen molar-refractivity contribution in [2.24, 2.45) is 0 Å². The first kappa shape index (κ1) is 13.9. The molecule has 106 valence electrons. The van der Waals surface area contributed by atoms with Crippen LogP contribution in [0.3, 0.4) is 0 Å². The normalized spacial score (nSPS) is 31.9. The molecule has 2 aliphatic rings. The van der Waals surface area contributed by atoms with Crippen molar-refractivity contribution < 1.29 is 23.8 Å². The predicted molar refractivity (Wildman–Crippen MR) is 66.6 cm³/mol. The van der Waals surface area contributed by atoms with Crippen molar-refractivity contribution in [3.05, 3.63) is 12.2 Å². The number of likely N-dealkylation sites (N-methyl/N-ethyl adjacent to an activating group) is 1. The van der Waals surface area contributed by atoms with Crippen molar-refractivity contribution in [3.8, 4) is 0 Å². The van der Waals surface area contributed by atoms with Gasteiger partial charge in [0.05, 0.1) is 19.8 Å². The van der Waals surface area contributed by atoms with Crippen molar-refractivity contribution in [2.45, 2.75) is 37.6 Å². The van der Waals surface area contributed by atoms with E-state index < -0.39 is 11.7 Å². The van der Waals surface area contributed by atoms with E-state index in [0.717, 1.165) is 0 Å². The van der Waals surface area contributed by atoms with Crippen molar-refractivity contribution in [1.29, 1.82) is 0 Å². The van der Waals surface area contributed by atoms with Gasteiger partial charge in [0.2, 0.25) is 0 Å². The maximum absolute atomic E-state index is 11.5. The third-order valence-corrected chi connectivity index (χ3v) is 3.39. The Kier molecular flexibility index (Phi) is 3.80. The van der Waals surface area contributed by atoms with Crippen molar-refractivity contribution >= 4 is 12.1 Å². The van der Waals surface area contributed by atoms with Gasteiger partial charge in [-0.1, -0.05) is 12.2 Å². The number of hydrogen-bond donors (Lipinski definition) is 0. The molecular weight excluding hydrogens is 250 g/mol. The van der Waals surface area contributed by atoms with E-state index in [2.05, 4.69) is 4.74 Å². The minimum absolute atomic E-state index is 0.0517. The third kappa shape index (κ3) is 3.07. The van der Waals surface area contributed by atoms with E-state index >= 15 is 0 Å². The Morgan fingerprint density at radius 2 is 2.26 bits per heavy atom. The zero-order valence-electron chi connectivity index (χ0n) is 11.4. The lowest BCUT2D eigenvalue weighted by atomic mass is 9.93. The number of hydrogen-bond acceptors (Lipinski definition) is 5. The SMILES string of the molecule is COC(=O)N(C)C[C@]12C=C[C@H](C[C@H](OC(C)=O)C1)O2. The summed E-state index contributed by atoms with van der Waals surface area (Å²) in [4.78, 5) is 24.0. The van der Waals surface area contributed by atoms with Gasteiger partial charge in [-0.2, -0.15) is 0 Å². The van der Waals surface area contributed by atoms with E-state index in [1.165, 1.54) is 18.9 Å². The van der Waals surface area contributed by atoms with Gasteiger partial charge in [-0.05, 0) is 0 Å². The van der Waals surface area contributed by atoms with E-state index in [1.807, 2.05) is 12.2 Å². The summed E-state index contributed by atoms with van der Waals surface area (Å²) < 4.78 is 15.9. The Morgan fingerprint density at radius 1 is 1.53 bits per heavy atom. The lowest BCUT2D eigenvalue weighted by Gasteiger charge is -2.39. The highest BCUT2D eigenvalue weighted by atomic mass is 16.6. The van der Waals surface area contributed by atoms with Gasteiger partial charge in [-0.3, -0.25) is 4.79 Å². The summed E-state index contributed by atoms with van der Waals surface area (Å²) in [5.74, 6) is -0.289. The Balaban J connectivity index is 2.03. The monoisotopic (exact) mass is 269 g/mol. The lowest BCUT2D eigenvalue weighted by molar-refractivity contribution is -0.162. The average molecular weight is 269 g/mol. The fourth-order valence-corrected chi connectivity index (χ4v) is 2.73. The number of nitrogens with zero attached hydrogens (tertiary/aromatic N) is 1. The topological polar surface area (TPSA) is 65.1 Å². The van der Waals surface area contributed by atoms with E-state index in [1.54, 1.807) is 7.05 Å². The van der Waals surface area contributed by atoms with Crippen molar-refractivity contribution in [2.75, 3.05) is 20.7 Å². The number of amides is 1. The quantitative estimate of drug-likeness (QED) is 0.567. The minimum Gasteiger partial charge on any atom is -0.462 e. The Labute approximate surface area is 112 Å². The summed E-state index contributed by atoms with van der Waals surface area (Å²) in [6, 6.07) is 0. The molecule has 1 amide bonds. The van der Waals surface area contributed by atoms with Gasteiger partial charge < -0.3 is 19.1 Å². The molecule has 2 heterocycles. The zero-order valence-corrected chi connectivity index (χ0v) is 11.4. The number of carbonyl (C=O) groups is 2. The number of rotatable bonds is 3. The molecule has 0 radical (unpaired) electrons. The summed E-state index contributed by atoms with van der Waals surface area (Å²) in [6.45, 7) is 1.78. The highest BCUT2D eigenvalue weighted by Crippen LogP contribution is 2.38. The molecule has 6 nitrogen and oxygen atoms in total. The standard InChI is InChI=1S/C13H19NO5/c1-9(15)18-11-6-10-4-5-13(7-11,19-10)8-14(2)12(16)17-3/h4-5,10-11H,6-8H2,1-3H3/t10-,11+,13+/m1/s1. The van der Waals surface area contributed by atoms with Crippen LogP contribution in [-0.2, 0) is 19.0 Å². The van der Waals surface area contributed by atoms with Crippen LogP contribution in [0.5, 0.6) is 0 Å². The number of fused-ring (bicyclic) bond motifs is 2. The molecule has 0 spiro atoms. The highest BCUT2D eigenvalue weighted by molar-refractivity contribution is 5.67. The summed E-state index contributed by atoms with van der Waals surface area (Å²) in [5, 5.41) is 0. The fraction of sp³-hybridized carbons (Fsp3) is 0.692. The van der Waals surface area contributed by atoms with Crippen LogP contribution in [0.25, 0.3) is 0 Å². The molecular formula is C13H19NO5. The van der Waals surface area contributed by atoms with Crippen LogP contribution in [0.4, 0.5) is 4.79 Å². The largest absolute Gasteiger partial charge is 0.462 e. The molecule has 6 heteroatoms. The average Bonchev–Trinajstić information content (AvgIpc) is 2.62. The van der Waals surface area contributed by atoms with E-state index in [0.29, 0.717) is 19.4 Å². The number of methoxy groups -OCH3 is 1. The minimum atomic E-state index is -0.577. The molecule has 0 aromatic heterocycles. The van der Waals surface area contributed by atoms with Crippen LogP contribution in [-0.4, -0.2) is 55.5 Å². The molecule has 1 fully saturated rings. The van der Waals surface area contributed by atoms with Gasteiger partial charge >= 0.3 is 12.1 Å². The molecule has 3 atom stereocenters. The maximum Gasteiger partial charge on any atom is 0.409 e. The van der Waals surface area contributed by atoms with Crippen LogP contribution in [0.1, 0.15) is 19.8 Å². The summed E-state index contributed by atoms with van der Waals surface area (Å²) in [6.07, 6.45) is 4.52. The van der Waals surface area contributed by atoms with Gasteiger partial charge in [-0.15, -0.1) is 0 Å². The van der Waals surface area contributed by atoms with Crippen LogP contribution < -0.4 is 0 Å². The van der Waals surface area contributed by atoms with Crippen LogP contribution in [0.2, 0.25) is 0 Å². The fourth-order valence-electron chi connectivity index (χ4n) is 2.73. The smallest absolute Gasteiger partial charge is 0.409 e. The second kappa shape index (κ2) is 5.21. The summed E-state index contributed by atoms with van der Waals surface area (Å²) in [7, 11) is 2.99. The number of esters is 1. The lowest BCUT2D eigenvalue weighted by Crippen LogP contribution is -2.49. The zero-order chi connectivity index (χ0) is 14.0. The molecule has 0 aromatic carbocycles. The van der Waals surface area contributed by atoms with Gasteiger partial charge in [0.15, 0.2) is 0 Å². The molecule has 0 saturated carbocycles. The molecule has 0 unspecified atom stereocenters. The van der Waals surface area contributed by atoms with E-state index in [9.17, 15) is 9.59 Å². The second-order valence-electron chi connectivity index (χ2n) is 5.08. The van der Waals surface area contributed by atoms with Crippen LogP contribution >= 0.6 is 0 Å². The second-order valence-corrected chi connectivity index (χ2v) is 5.08. The van der Waals surface area contributed by atoms with Crippen LogP contribution in [0, 0.1) is 0 Å². The Morgan fingerprint density at radius 3 is 2.89 bits per heavy atom. The van der Waals surface area contributed by atoms with Gasteiger partial charge in [0.25, 0.3) is 0 Å². The first-order valence-corrected chi connectivity index (χ1v) is 6.27. The summed E-state index contributed by atoms with van der Waals surface area (Å²) in [5.41, 5.74) is -0.577. The molecule has 0 N–H and O–H groups in total. The molecule has 2 aliphatic heterocycles. The van der Waals surface area contributed by atoms with Crippen LogP contribution in [0.15, 0.2) is 12.2 Å². The molecule has 2 rings (SSSR count). The molecule has 0 aromatic rings. The van der Waals surface area contributed by atoms with Gasteiger partial charge in [0.1, 0.15) is 11.7 Å². The first-order chi connectivity index (χ1) is 8.94. The van der Waals surface area contributed by atoms with Gasteiger partial charge in [0, 0.05) is 26.8 Å². The Hall–Kier alpha value is -1.56. The highest BCUT2D eigenvalue weighted by Gasteiger charge is 2.45. The number of carbonyl (C=O) groups excluding carboxylic acids is 2. The first-order valence-electron chi connectivity index (χ1n) is 6.27. The van der Waals surface area contributed by atoms with Crippen molar-refractivity contribution in [3.63, 3.8) is 0 Å². The van der Waals surface area contributed by atoms with Gasteiger partial charge in [-0.25, -0.2) is 4.79 Å². The Bertz CT molecular complexity index is 408. The molecule has 0 aliphatic carbocycles. The maximum atomic E-state index is 11.5. The molecule has 1 saturated heterocycles.